The van der Waals surface area contributed by atoms with Crippen molar-refractivity contribution in [2.75, 3.05) is 0 Å². The number of pyridine rings is 1. The Balaban J connectivity index is 1.95. The van der Waals surface area contributed by atoms with E-state index < -0.39 is 0 Å². The summed E-state index contributed by atoms with van der Waals surface area (Å²) < 4.78 is 0. The van der Waals surface area contributed by atoms with Crippen LogP contribution in [0.25, 0.3) is 0 Å². The second-order valence-electron chi connectivity index (χ2n) is 5.44. The van der Waals surface area contributed by atoms with E-state index in [0.717, 1.165) is 11.1 Å². The average molecular weight is 300 g/mol. The Bertz CT molecular complexity index is 644. The third-order valence-corrected chi connectivity index (χ3v) is 3.55. The summed E-state index contributed by atoms with van der Waals surface area (Å²) in [4.78, 5) is 16.3. The van der Waals surface area contributed by atoms with Gasteiger partial charge in [0.15, 0.2) is 11.5 Å². The Labute approximate surface area is 129 Å². The third-order valence-electron chi connectivity index (χ3n) is 3.55. The number of phenolic OH excluding ortho intramolecular Hbond substituents is 2. The van der Waals surface area contributed by atoms with Gasteiger partial charge in [0.2, 0.25) is 5.91 Å². The molecule has 0 bridgehead atoms. The highest BCUT2D eigenvalue weighted by Gasteiger charge is 2.17. The molecule has 0 saturated heterocycles. The maximum absolute atomic E-state index is 12.2. The summed E-state index contributed by atoms with van der Waals surface area (Å²) >= 11 is 0. The predicted molar refractivity (Wildman–Crippen MR) is 83.7 cm³/mol. The fourth-order valence-electron chi connectivity index (χ4n) is 2.25. The zero-order chi connectivity index (χ0) is 16.1. The van der Waals surface area contributed by atoms with Crippen LogP contribution < -0.4 is 5.32 Å². The van der Waals surface area contributed by atoms with Crippen molar-refractivity contribution in [3.63, 3.8) is 0 Å². The van der Waals surface area contributed by atoms with Gasteiger partial charge in [0.1, 0.15) is 0 Å². The minimum absolute atomic E-state index is 0.0662. The summed E-state index contributed by atoms with van der Waals surface area (Å²) in [5.74, 6) is -0.640. The molecular weight excluding hydrogens is 280 g/mol. The number of nitrogens with one attached hydrogen (secondary N) is 1. The Morgan fingerprint density at radius 2 is 2.00 bits per heavy atom. The molecule has 1 aromatic carbocycles. The van der Waals surface area contributed by atoms with Crippen molar-refractivity contribution in [2.45, 2.75) is 32.2 Å². The van der Waals surface area contributed by atoms with E-state index in [1.54, 1.807) is 18.5 Å². The molecular formula is C17H20N2O3. The first-order valence-electron chi connectivity index (χ1n) is 7.18. The van der Waals surface area contributed by atoms with E-state index in [2.05, 4.69) is 10.3 Å². The molecule has 22 heavy (non-hydrogen) atoms. The van der Waals surface area contributed by atoms with Gasteiger partial charge in [-0.25, -0.2) is 0 Å². The summed E-state index contributed by atoms with van der Waals surface area (Å²) in [6.45, 7) is 3.74. The summed E-state index contributed by atoms with van der Waals surface area (Å²) in [7, 11) is 0. The highest BCUT2D eigenvalue weighted by atomic mass is 16.3. The molecule has 2 aromatic rings. The standard InChI is InChI=1S/C17H20N2O3/c1-11(8-13-5-6-15(20)16(21)9-13)19-17(22)12(2)14-4-3-7-18-10-14/h3-7,9-12,20-21H,8H2,1-2H3,(H,19,22)/t11-,12+/m0/s1. The lowest BCUT2D eigenvalue weighted by molar-refractivity contribution is -0.122. The van der Waals surface area contributed by atoms with Crippen molar-refractivity contribution < 1.29 is 15.0 Å². The molecule has 5 nitrogen and oxygen atoms in total. The van der Waals surface area contributed by atoms with Crippen LogP contribution in [-0.4, -0.2) is 27.1 Å². The number of benzene rings is 1. The van der Waals surface area contributed by atoms with Crippen molar-refractivity contribution in [3.8, 4) is 11.5 Å². The summed E-state index contributed by atoms with van der Waals surface area (Å²) in [5.41, 5.74) is 1.71. The van der Waals surface area contributed by atoms with Gasteiger partial charge in [0, 0.05) is 18.4 Å². The number of carbonyl (C=O) groups is 1. The van der Waals surface area contributed by atoms with Crippen LogP contribution >= 0.6 is 0 Å². The quantitative estimate of drug-likeness (QED) is 0.740. The van der Waals surface area contributed by atoms with Crippen LogP contribution in [-0.2, 0) is 11.2 Å². The minimum Gasteiger partial charge on any atom is -0.504 e. The van der Waals surface area contributed by atoms with Gasteiger partial charge in [-0.2, -0.15) is 0 Å². The minimum atomic E-state index is -0.274. The van der Waals surface area contributed by atoms with Crippen molar-refractivity contribution in [1.82, 2.24) is 10.3 Å². The van der Waals surface area contributed by atoms with Crippen LogP contribution in [0.3, 0.4) is 0 Å². The number of nitrogens with zero attached hydrogens (tertiary/aromatic N) is 1. The second-order valence-corrected chi connectivity index (χ2v) is 5.44. The molecule has 116 valence electrons. The first kappa shape index (κ1) is 15.8. The SMILES string of the molecule is C[C@@H](Cc1ccc(O)c(O)c1)NC(=O)[C@H](C)c1cccnc1. The number of phenols is 2. The fraction of sp³-hybridized carbons (Fsp3) is 0.294. The Hall–Kier alpha value is -2.56. The Kier molecular flexibility index (Phi) is 4.99. The molecule has 0 aliphatic carbocycles. The zero-order valence-corrected chi connectivity index (χ0v) is 12.7. The van der Waals surface area contributed by atoms with Gasteiger partial charge in [-0.1, -0.05) is 12.1 Å². The smallest absolute Gasteiger partial charge is 0.227 e. The lowest BCUT2D eigenvalue weighted by Crippen LogP contribution is -2.36. The maximum Gasteiger partial charge on any atom is 0.227 e. The number of aromatic hydroxyl groups is 2. The molecule has 1 heterocycles. The number of hydrogen-bond donors (Lipinski definition) is 3. The molecule has 2 atom stereocenters. The average Bonchev–Trinajstić information content (AvgIpc) is 2.51. The monoisotopic (exact) mass is 300 g/mol. The fourth-order valence-corrected chi connectivity index (χ4v) is 2.25. The van der Waals surface area contributed by atoms with Gasteiger partial charge in [0.05, 0.1) is 5.92 Å². The molecule has 1 aromatic heterocycles. The van der Waals surface area contributed by atoms with Crippen LogP contribution in [0.15, 0.2) is 42.7 Å². The molecule has 0 radical (unpaired) electrons. The third kappa shape index (κ3) is 3.97. The van der Waals surface area contributed by atoms with Crippen LogP contribution in [0, 0.1) is 0 Å². The topological polar surface area (TPSA) is 82.5 Å². The maximum atomic E-state index is 12.2. The van der Waals surface area contributed by atoms with Gasteiger partial charge in [0.25, 0.3) is 0 Å². The molecule has 5 heteroatoms. The summed E-state index contributed by atoms with van der Waals surface area (Å²) in [5, 5.41) is 21.7. The van der Waals surface area contributed by atoms with E-state index in [-0.39, 0.29) is 29.4 Å². The zero-order valence-electron chi connectivity index (χ0n) is 12.7. The van der Waals surface area contributed by atoms with Gasteiger partial charge in [-0.05, 0) is 49.6 Å². The summed E-state index contributed by atoms with van der Waals surface area (Å²) in [6, 6.07) is 8.26. The highest BCUT2D eigenvalue weighted by Crippen LogP contribution is 2.25. The van der Waals surface area contributed by atoms with Crippen molar-refractivity contribution in [3.05, 3.63) is 53.9 Å². The normalized spacial score (nSPS) is 13.4. The van der Waals surface area contributed by atoms with Gasteiger partial charge >= 0.3 is 0 Å². The van der Waals surface area contributed by atoms with E-state index in [1.165, 1.54) is 12.1 Å². The van der Waals surface area contributed by atoms with E-state index in [4.69, 9.17) is 0 Å². The molecule has 3 N–H and O–H groups in total. The molecule has 0 spiro atoms. The van der Waals surface area contributed by atoms with Crippen molar-refractivity contribution >= 4 is 5.91 Å². The number of hydrogen-bond acceptors (Lipinski definition) is 4. The van der Waals surface area contributed by atoms with Gasteiger partial charge in [-0.15, -0.1) is 0 Å². The lowest BCUT2D eigenvalue weighted by atomic mass is 10.0. The van der Waals surface area contributed by atoms with Gasteiger partial charge in [-0.3, -0.25) is 9.78 Å². The largest absolute Gasteiger partial charge is 0.504 e. The molecule has 0 aliphatic rings. The molecule has 0 saturated carbocycles. The van der Waals surface area contributed by atoms with Crippen molar-refractivity contribution in [1.29, 1.82) is 0 Å². The van der Waals surface area contributed by atoms with E-state index >= 15 is 0 Å². The molecule has 1 amide bonds. The van der Waals surface area contributed by atoms with Crippen molar-refractivity contribution in [2.24, 2.45) is 0 Å². The molecule has 2 rings (SSSR count). The number of aromatic nitrogens is 1. The molecule has 0 unspecified atom stereocenters. The van der Waals surface area contributed by atoms with Gasteiger partial charge < -0.3 is 15.5 Å². The lowest BCUT2D eigenvalue weighted by Gasteiger charge is -2.18. The van der Waals surface area contributed by atoms with E-state index in [9.17, 15) is 15.0 Å². The molecule has 0 fully saturated rings. The summed E-state index contributed by atoms with van der Waals surface area (Å²) in [6.07, 6.45) is 3.93. The molecule has 0 aliphatic heterocycles. The first-order chi connectivity index (χ1) is 10.5. The number of amides is 1. The van der Waals surface area contributed by atoms with E-state index in [1.807, 2.05) is 26.0 Å². The Morgan fingerprint density at radius 3 is 2.64 bits per heavy atom. The first-order valence-corrected chi connectivity index (χ1v) is 7.18. The second kappa shape index (κ2) is 6.93. The van der Waals surface area contributed by atoms with E-state index in [0.29, 0.717) is 6.42 Å². The van der Waals surface area contributed by atoms with Crippen LogP contribution in [0.5, 0.6) is 11.5 Å². The van der Waals surface area contributed by atoms with Crippen LogP contribution in [0.2, 0.25) is 0 Å². The number of rotatable bonds is 5. The van der Waals surface area contributed by atoms with Crippen LogP contribution in [0.4, 0.5) is 0 Å². The predicted octanol–water partition coefficient (Wildman–Crippen LogP) is 2.34. The highest BCUT2D eigenvalue weighted by molar-refractivity contribution is 5.83. The number of carbonyl (C=O) groups excluding carboxylic acids is 1. The van der Waals surface area contributed by atoms with Crippen LogP contribution in [0.1, 0.15) is 30.9 Å². The Morgan fingerprint density at radius 1 is 1.23 bits per heavy atom.